The largest absolute Gasteiger partial charge is 0.207 e. The molecule has 29 heavy (non-hydrogen) atoms. The van der Waals surface area contributed by atoms with E-state index in [0.717, 1.165) is 55.4 Å². The van der Waals surface area contributed by atoms with Gasteiger partial charge in [0.2, 0.25) is 0 Å². The van der Waals surface area contributed by atoms with Crippen LogP contribution in [0, 0.1) is 23.6 Å². The van der Waals surface area contributed by atoms with E-state index in [1.165, 1.54) is 57.4 Å². The van der Waals surface area contributed by atoms with E-state index in [1.54, 1.807) is 12.1 Å². The van der Waals surface area contributed by atoms with Crippen LogP contribution in [-0.2, 0) is 0 Å². The van der Waals surface area contributed by atoms with Crippen molar-refractivity contribution in [1.82, 2.24) is 0 Å². The van der Waals surface area contributed by atoms with Crippen LogP contribution in [0.3, 0.4) is 0 Å². The number of unbranched alkanes of at least 4 members (excludes halogenated alkanes) is 2. The highest BCUT2D eigenvalue weighted by Gasteiger charge is 2.31. The maximum atomic E-state index is 14.8. The van der Waals surface area contributed by atoms with Gasteiger partial charge in [0.05, 0.1) is 0 Å². The summed E-state index contributed by atoms with van der Waals surface area (Å²) < 4.78 is 29.0. The molecule has 0 unspecified atom stereocenters. The van der Waals surface area contributed by atoms with E-state index in [9.17, 15) is 8.78 Å². The Morgan fingerprint density at radius 1 is 0.931 bits per heavy atom. The molecule has 2 aliphatic carbocycles. The third-order valence-corrected chi connectivity index (χ3v) is 7.62. The standard InChI is InChI=1S/C27H40F2/c1-3-5-6-8-26(28)24-17-18-25(27(29)19-24)23-15-13-22(14-16-23)21-11-9-20(7-4-2)10-12-21/h8,17-23H,3-7,9-16H2,1-2H3. The van der Waals surface area contributed by atoms with Gasteiger partial charge in [0, 0.05) is 5.56 Å². The Bertz CT molecular complexity index is 647. The first kappa shape index (κ1) is 22.5. The van der Waals surface area contributed by atoms with Crippen LogP contribution < -0.4 is 0 Å². The molecule has 2 saturated carbocycles. The van der Waals surface area contributed by atoms with Gasteiger partial charge in [-0.3, -0.25) is 0 Å². The van der Waals surface area contributed by atoms with Crippen LogP contribution in [0.4, 0.5) is 8.78 Å². The van der Waals surface area contributed by atoms with Crippen molar-refractivity contribution in [3.63, 3.8) is 0 Å². The van der Waals surface area contributed by atoms with E-state index in [0.29, 0.717) is 11.5 Å². The van der Waals surface area contributed by atoms with Gasteiger partial charge in [-0.2, -0.15) is 0 Å². The van der Waals surface area contributed by atoms with Crippen molar-refractivity contribution in [2.24, 2.45) is 17.8 Å². The Morgan fingerprint density at radius 2 is 1.59 bits per heavy atom. The molecule has 162 valence electrons. The molecule has 3 rings (SSSR count). The third-order valence-electron chi connectivity index (χ3n) is 7.62. The van der Waals surface area contributed by atoms with Crippen LogP contribution in [0.15, 0.2) is 24.3 Å². The van der Waals surface area contributed by atoms with E-state index in [2.05, 4.69) is 13.8 Å². The number of halogens is 2. The molecule has 0 amide bonds. The summed E-state index contributed by atoms with van der Waals surface area (Å²) in [5.74, 6) is 2.52. The number of hydrogen-bond donors (Lipinski definition) is 0. The summed E-state index contributed by atoms with van der Waals surface area (Å²) in [5, 5.41) is 0. The van der Waals surface area contributed by atoms with E-state index in [4.69, 9.17) is 0 Å². The van der Waals surface area contributed by atoms with E-state index >= 15 is 0 Å². The van der Waals surface area contributed by atoms with Gasteiger partial charge in [-0.25, -0.2) is 8.78 Å². The predicted molar refractivity (Wildman–Crippen MR) is 120 cm³/mol. The van der Waals surface area contributed by atoms with Gasteiger partial charge >= 0.3 is 0 Å². The van der Waals surface area contributed by atoms with E-state index in [1.807, 2.05) is 6.07 Å². The van der Waals surface area contributed by atoms with Gasteiger partial charge in [0.1, 0.15) is 11.6 Å². The quantitative estimate of drug-likeness (QED) is 0.380. The molecule has 0 nitrogen and oxygen atoms in total. The lowest BCUT2D eigenvalue weighted by atomic mass is 9.68. The van der Waals surface area contributed by atoms with Gasteiger partial charge in [-0.1, -0.05) is 58.1 Å². The molecule has 0 atom stereocenters. The Hall–Kier alpha value is -1.18. The minimum absolute atomic E-state index is 0.218. The van der Waals surface area contributed by atoms with Crippen LogP contribution in [0.25, 0.3) is 5.83 Å². The second-order valence-corrected chi connectivity index (χ2v) is 9.61. The summed E-state index contributed by atoms with van der Waals surface area (Å²) in [5.41, 5.74) is 1.19. The minimum Gasteiger partial charge on any atom is -0.207 e. The van der Waals surface area contributed by atoms with E-state index < -0.39 is 0 Å². The molecular formula is C27H40F2. The normalized spacial score (nSPS) is 28.5. The average molecular weight is 403 g/mol. The summed E-state index contributed by atoms with van der Waals surface area (Å²) in [6.45, 7) is 4.39. The fourth-order valence-corrected chi connectivity index (χ4v) is 5.82. The molecule has 0 N–H and O–H groups in total. The van der Waals surface area contributed by atoms with Crippen molar-refractivity contribution in [3.05, 3.63) is 41.2 Å². The smallest absolute Gasteiger partial charge is 0.127 e. The topological polar surface area (TPSA) is 0 Å². The molecule has 0 spiro atoms. The summed E-state index contributed by atoms with van der Waals surface area (Å²) in [6, 6.07) is 5.03. The van der Waals surface area contributed by atoms with Crippen molar-refractivity contribution >= 4 is 5.83 Å². The lowest BCUT2D eigenvalue weighted by Crippen LogP contribution is -2.25. The van der Waals surface area contributed by atoms with Crippen molar-refractivity contribution in [2.75, 3.05) is 0 Å². The molecule has 2 aliphatic rings. The minimum atomic E-state index is -0.286. The molecule has 0 bridgehead atoms. The molecule has 0 heterocycles. The van der Waals surface area contributed by atoms with Crippen molar-refractivity contribution in [2.45, 2.75) is 103 Å². The fraction of sp³-hybridized carbons (Fsp3) is 0.704. The zero-order chi connectivity index (χ0) is 20.6. The van der Waals surface area contributed by atoms with Crippen LogP contribution in [0.2, 0.25) is 0 Å². The highest BCUT2D eigenvalue weighted by Crippen LogP contribution is 2.45. The lowest BCUT2D eigenvalue weighted by Gasteiger charge is -2.38. The highest BCUT2D eigenvalue weighted by molar-refractivity contribution is 5.59. The zero-order valence-electron chi connectivity index (χ0n) is 18.6. The molecule has 0 aromatic heterocycles. The van der Waals surface area contributed by atoms with Crippen molar-refractivity contribution < 1.29 is 8.78 Å². The summed E-state index contributed by atoms with van der Waals surface area (Å²) in [7, 11) is 0. The summed E-state index contributed by atoms with van der Waals surface area (Å²) in [4.78, 5) is 0. The van der Waals surface area contributed by atoms with Crippen LogP contribution in [0.5, 0.6) is 0 Å². The third kappa shape index (κ3) is 6.15. The van der Waals surface area contributed by atoms with E-state index in [-0.39, 0.29) is 11.6 Å². The molecule has 1 aromatic carbocycles. The Balaban J connectivity index is 1.52. The average Bonchev–Trinajstić information content (AvgIpc) is 2.75. The second kappa shape index (κ2) is 11.3. The van der Waals surface area contributed by atoms with Crippen LogP contribution in [-0.4, -0.2) is 0 Å². The Morgan fingerprint density at radius 3 is 2.17 bits per heavy atom. The second-order valence-electron chi connectivity index (χ2n) is 9.61. The molecule has 2 fully saturated rings. The molecule has 0 aliphatic heterocycles. The molecular weight excluding hydrogens is 362 g/mol. The van der Waals surface area contributed by atoms with Gasteiger partial charge in [-0.05, 0) is 92.7 Å². The maximum absolute atomic E-state index is 14.8. The molecule has 2 heteroatoms. The summed E-state index contributed by atoms with van der Waals surface area (Å²) in [6.07, 6.45) is 17.4. The predicted octanol–water partition coefficient (Wildman–Crippen LogP) is 9.21. The Kier molecular flexibility index (Phi) is 8.75. The van der Waals surface area contributed by atoms with Gasteiger partial charge in [0.25, 0.3) is 0 Å². The monoisotopic (exact) mass is 402 g/mol. The SMILES string of the molecule is CCCCC=C(F)c1ccc(C2CCC(C3CCC(CCC)CC3)CC2)c(F)c1. The number of benzene rings is 1. The molecule has 1 aromatic rings. The van der Waals surface area contributed by atoms with Crippen LogP contribution in [0.1, 0.15) is 114 Å². The summed E-state index contributed by atoms with van der Waals surface area (Å²) >= 11 is 0. The van der Waals surface area contributed by atoms with Crippen LogP contribution >= 0.6 is 0 Å². The first-order valence-corrected chi connectivity index (χ1v) is 12.3. The number of allylic oxidation sites excluding steroid dienone is 1. The first-order chi connectivity index (χ1) is 14.1. The number of hydrogen-bond acceptors (Lipinski definition) is 0. The van der Waals surface area contributed by atoms with Gasteiger partial charge in [0.15, 0.2) is 0 Å². The fourth-order valence-electron chi connectivity index (χ4n) is 5.82. The van der Waals surface area contributed by atoms with Crippen molar-refractivity contribution in [3.8, 4) is 0 Å². The maximum Gasteiger partial charge on any atom is 0.127 e. The Labute approximate surface area is 177 Å². The van der Waals surface area contributed by atoms with Crippen molar-refractivity contribution in [1.29, 1.82) is 0 Å². The lowest BCUT2D eigenvalue weighted by molar-refractivity contribution is 0.156. The number of rotatable bonds is 8. The molecule has 0 saturated heterocycles. The zero-order valence-corrected chi connectivity index (χ0v) is 18.6. The van der Waals surface area contributed by atoms with Gasteiger partial charge in [-0.15, -0.1) is 0 Å². The first-order valence-electron chi connectivity index (χ1n) is 12.3. The van der Waals surface area contributed by atoms with Gasteiger partial charge < -0.3 is 0 Å². The molecule has 0 radical (unpaired) electrons. The highest BCUT2D eigenvalue weighted by atomic mass is 19.1.